The van der Waals surface area contributed by atoms with Crippen LogP contribution in [0.5, 0.6) is 0 Å². The van der Waals surface area contributed by atoms with Crippen LogP contribution in [0.1, 0.15) is 12.5 Å². The Hall–Kier alpha value is -2.43. The number of hydrogen-bond acceptors (Lipinski definition) is 2. The lowest BCUT2D eigenvalue weighted by Crippen LogP contribution is -2.28. The second kappa shape index (κ2) is 5.48. The maximum Gasteiger partial charge on any atom is 0.320 e. The standard InChI is InChI=1S/C14H14FN3O/c1-3-9-5-6-12(15)10-7-13(17-8-11(9)10)18-14(19)16-4-2/h3,5-8H,1,4H2,2H3,(H2,16,17,18,19). The van der Waals surface area contributed by atoms with Gasteiger partial charge in [0, 0.05) is 23.5 Å². The number of rotatable bonds is 3. The van der Waals surface area contributed by atoms with Gasteiger partial charge in [0.2, 0.25) is 0 Å². The summed E-state index contributed by atoms with van der Waals surface area (Å²) in [5, 5.41) is 6.19. The van der Waals surface area contributed by atoms with Crippen molar-refractivity contribution >= 4 is 28.7 Å². The number of anilines is 1. The smallest absolute Gasteiger partial charge is 0.320 e. The first-order valence-electron chi connectivity index (χ1n) is 5.91. The molecule has 0 radical (unpaired) electrons. The molecular weight excluding hydrogens is 245 g/mol. The number of urea groups is 1. The van der Waals surface area contributed by atoms with E-state index in [0.29, 0.717) is 23.1 Å². The van der Waals surface area contributed by atoms with Gasteiger partial charge < -0.3 is 5.32 Å². The molecule has 1 heterocycles. The fraction of sp³-hybridized carbons (Fsp3) is 0.143. The van der Waals surface area contributed by atoms with Crippen molar-refractivity contribution < 1.29 is 9.18 Å². The van der Waals surface area contributed by atoms with E-state index in [1.807, 2.05) is 6.92 Å². The van der Waals surface area contributed by atoms with Crippen LogP contribution in [0.4, 0.5) is 15.0 Å². The van der Waals surface area contributed by atoms with Crippen molar-refractivity contribution in [2.75, 3.05) is 11.9 Å². The Labute approximate surface area is 110 Å². The maximum atomic E-state index is 13.8. The third-order valence-corrected chi connectivity index (χ3v) is 2.68. The molecule has 4 nitrogen and oxygen atoms in total. The number of nitrogens with one attached hydrogen (secondary N) is 2. The van der Waals surface area contributed by atoms with Gasteiger partial charge in [-0.05, 0) is 24.6 Å². The van der Waals surface area contributed by atoms with Gasteiger partial charge in [-0.3, -0.25) is 5.32 Å². The number of pyridine rings is 1. The highest BCUT2D eigenvalue weighted by Gasteiger charge is 2.07. The van der Waals surface area contributed by atoms with Crippen molar-refractivity contribution in [2.24, 2.45) is 0 Å². The molecular formula is C14H14FN3O. The van der Waals surface area contributed by atoms with Crippen LogP contribution < -0.4 is 10.6 Å². The Bertz CT molecular complexity index is 640. The molecule has 0 aliphatic rings. The molecule has 0 saturated carbocycles. The van der Waals surface area contributed by atoms with E-state index < -0.39 is 0 Å². The predicted molar refractivity (Wildman–Crippen MR) is 74.5 cm³/mol. The number of carbonyl (C=O) groups is 1. The third kappa shape index (κ3) is 2.70. The molecule has 0 bridgehead atoms. The molecule has 0 aliphatic carbocycles. The Morgan fingerprint density at radius 3 is 2.95 bits per heavy atom. The Balaban J connectivity index is 2.43. The summed E-state index contributed by atoms with van der Waals surface area (Å²) in [7, 11) is 0. The second-order valence-corrected chi connectivity index (χ2v) is 3.94. The van der Waals surface area contributed by atoms with Gasteiger partial charge in [0.05, 0.1) is 0 Å². The number of aromatic nitrogens is 1. The zero-order chi connectivity index (χ0) is 13.8. The fourth-order valence-electron chi connectivity index (χ4n) is 1.79. The Kier molecular flexibility index (Phi) is 3.75. The van der Waals surface area contributed by atoms with E-state index >= 15 is 0 Å². The molecule has 0 aliphatic heterocycles. The second-order valence-electron chi connectivity index (χ2n) is 3.94. The molecule has 1 aromatic heterocycles. The van der Waals surface area contributed by atoms with Crippen molar-refractivity contribution in [1.82, 2.24) is 10.3 Å². The minimum absolute atomic E-state index is 0.304. The minimum Gasteiger partial charge on any atom is -0.338 e. The van der Waals surface area contributed by atoms with Gasteiger partial charge >= 0.3 is 6.03 Å². The van der Waals surface area contributed by atoms with Gasteiger partial charge in [0.15, 0.2) is 0 Å². The summed E-state index contributed by atoms with van der Waals surface area (Å²) in [6.45, 7) is 5.99. The lowest BCUT2D eigenvalue weighted by molar-refractivity contribution is 0.252. The number of benzene rings is 1. The molecule has 19 heavy (non-hydrogen) atoms. The van der Waals surface area contributed by atoms with Crippen molar-refractivity contribution in [3.8, 4) is 0 Å². The molecule has 2 aromatic rings. The zero-order valence-electron chi connectivity index (χ0n) is 10.5. The van der Waals surface area contributed by atoms with E-state index in [1.54, 1.807) is 12.1 Å². The highest BCUT2D eigenvalue weighted by Crippen LogP contribution is 2.24. The van der Waals surface area contributed by atoms with Gasteiger partial charge in [-0.25, -0.2) is 14.2 Å². The molecule has 5 heteroatoms. The van der Waals surface area contributed by atoms with Crippen LogP contribution in [-0.4, -0.2) is 17.6 Å². The van der Waals surface area contributed by atoms with Crippen LogP contribution in [-0.2, 0) is 0 Å². The summed E-state index contributed by atoms with van der Waals surface area (Å²) in [4.78, 5) is 15.5. The van der Waals surface area contributed by atoms with E-state index in [4.69, 9.17) is 0 Å². The summed E-state index contributed by atoms with van der Waals surface area (Å²) in [6, 6.07) is 4.15. The molecule has 0 atom stereocenters. The van der Waals surface area contributed by atoms with Crippen molar-refractivity contribution in [2.45, 2.75) is 6.92 Å². The average Bonchev–Trinajstić information content (AvgIpc) is 2.40. The lowest BCUT2D eigenvalue weighted by Gasteiger charge is -2.08. The minimum atomic E-state index is -0.366. The highest BCUT2D eigenvalue weighted by atomic mass is 19.1. The van der Waals surface area contributed by atoms with Gasteiger partial charge in [-0.15, -0.1) is 0 Å². The largest absolute Gasteiger partial charge is 0.338 e. The normalized spacial score (nSPS) is 10.2. The fourth-order valence-corrected chi connectivity index (χ4v) is 1.79. The summed E-state index contributed by atoms with van der Waals surface area (Å²) < 4.78 is 13.8. The van der Waals surface area contributed by atoms with E-state index in [2.05, 4.69) is 22.2 Å². The van der Waals surface area contributed by atoms with Gasteiger partial charge in [-0.2, -0.15) is 0 Å². The van der Waals surface area contributed by atoms with Crippen LogP contribution in [0.15, 0.2) is 31.0 Å². The zero-order valence-corrected chi connectivity index (χ0v) is 10.5. The van der Waals surface area contributed by atoms with E-state index in [1.165, 1.54) is 18.3 Å². The molecule has 0 fully saturated rings. The van der Waals surface area contributed by atoms with Gasteiger partial charge in [0.1, 0.15) is 11.6 Å². The first-order chi connectivity index (χ1) is 9.15. The number of halogens is 1. The topological polar surface area (TPSA) is 54.0 Å². The van der Waals surface area contributed by atoms with Crippen LogP contribution in [0, 0.1) is 5.82 Å². The van der Waals surface area contributed by atoms with Crippen molar-refractivity contribution in [3.63, 3.8) is 0 Å². The number of amides is 2. The van der Waals surface area contributed by atoms with Gasteiger partial charge in [-0.1, -0.05) is 18.7 Å². The quantitative estimate of drug-likeness (QED) is 0.889. The van der Waals surface area contributed by atoms with Gasteiger partial charge in [0.25, 0.3) is 0 Å². The van der Waals surface area contributed by atoms with Crippen LogP contribution >= 0.6 is 0 Å². The van der Waals surface area contributed by atoms with Crippen molar-refractivity contribution in [1.29, 1.82) is 0 Å². The first kappa shape index (κ1) is 13.0. The third-order valence-electron chi connectivity index (χ3n) is 2.68. The molecule has 2 amide bonds. The average molecular weight is 259 g/mol. The molecule has 0 unspecified atom stereocenters. The Morgan fingerprint density at radius 2 is 2.26 bits per heavy atom. The SMILES string of the molecule is C=Cc1ccc(F)c2cc(NC(=O)NCC)ncc12. The highest BCUT2D eigenvalue weighted by molar-refractivity contribution is 5.94. The van der Waals surface area contributed by atoms with E-state index in [9.17, 15) is 9.18 Å². The summed E-state index contributed by atoms with van der Waals surface area (Å²) in [6.07, 6.45) is 3.16. The molecule has 0 saturated heterocycles. The number of nitrogens with zero attached hydrogens (tertiary/aromatic N) is 1. The van der Waals surface area contributed by atoms with Crippen molar-refractivity contribution in [3.05, 3.63) is 42.4 Å². The number of hydrogen-bond donors (Lipinski definition) is 2. The van der Waals surface area contributed by atoms with Crippen LogP contribution in [0.3, 0.4) is 0 Å². The molecule has 2 N–H and O–H groups in total. The van der Waals surface area contributed by atoms with E-state index in [0.717, 1.165) is 5.56 Å². The summed E-state index contributed by atoms with van der Waals surface area (Å²) in [5.74, 6) is -0.0551. The molecule has 2 rings (SSSR count). The molecule has 1 aromatic carbocycles. The lowest BCUT2D eigenvalue weighted by atomic mass is 10.1. The molecule has 0 spiro atoms. The predicted octanol–water partition coefficient (Wildman–Crippen LogP) is 3.16. The number of carbonyl (C=O) groups excluding carboxylic acids is 1. The monoisotopic (exact) mass is 259 g/mol. The first-order valence-corrected chi connectivity index (χ1v) is 5.91. The summed E-state index contributed by atoms with van der Waals surface area (Å²) >= 11 is 0. The summed E-state index contributed by atoms with van der Waals surface area (Å²) in [5.41, 5.74) is 0.799. The maximum absolute atomic E-state index is 13.8. The van der Waals surface area contributed by atoms with Crippen LogP contribution in [0.2, 0.25) is 0 Å². The molecule has 98 valence electrons. The van der Waals surface area contributed by atoms with Crippen LogP contribution in [0.25, 0.3) is 16.8 Å². The Morgan fingerprint density at radius 1 is 1.47 bits per heavy atom. The number of fused-ring (bicyclic) bond motifs is 1. The van der Waals surface area contributed by atoms with E-state index in [-0.39, 0.29) is 11.8 Å².